The van der Waals surface area contributed by atoms with Crippen LogP contribution in [0.25, 0.3) is 22.2 Å². The number of halogens is 2. The molecular weight excluding hydrogens is 368 g/mol. The van der Waals surface area contributed by atoms with E-state index in [2.05, 4.69) is 15.3 Å². The van der Waals surface area contributed by atoms with Crippen LogP contribution in [-0.4, -0.2) is 15.9 Å². The SMILES string of the molecule is Cc1nc2cc(F)ccc2cc1C(=O)Nc1nc(-c2ccc(F)cc2)cs1. The zero-order valence-corrected chi connectivity index (χ0v) is 15.0. The topological polar surface area (TPSA) is 54.9 Å². The molecule has 0 spiro atoms. The number of anilines is 1. The van der Waals surface area contributed by atoms with Gasteiger partial charge in [-0.25, -0.2) is 13.8 Å². The molecule has 0 aliphatic rings. The summed E-state index contributed by atoms with van der Waals surface area (Å²) in [5.74, 6) is -1.03. The predicted molar refractivity (Wildman–Crippen MR) is 102 cm³/mol. The van der Waals surface area contributed by atoms with Gasteiger partial charge in [-0.15, -0.1) is 11.3 Å². The van der Waals surface area contributed by atoms with Gasteiger partial charge in [0.2, 0.25) is 0 Å². The van der Waals surface area contributed by atoms with Gasteiger partial charge in [0.1, 0.15) is 11.6 Å². The zero-order valence-electron chi connectivity index (χ0n) is 14.2. The number of pyridine rings is 1. The molecule has 0 bridgehead atoms. The largest absolute Gasteiger partial charge is 0.298 e. The maximum atomic E-state index is 13.3. The van der Waals surface area contributed by atoms with Crippen molar-refractivity contribution >= 4 is 33.3 Å². The molecule has 2 aromatic carbocycles. The highest BCUT2D eigenvalue weighted by atomic mass is 32.1. The van der Waals surface area contributed by atoms with Crippen molar-refractivity contribution < 1.29 is 13.6 Å². The van der Waals surface area contributed by atoms with Crippen LogP contribution in [0.3, 0.4) is 0 Å². The first-order chi connectivity index (χ1) is 13.0. The van der Waals surface area contributed by atoms with Crippen molar-refractivity contribution in [2.45, 2.75) is 6.92 Å². The quantitative estimate of drug-likeness (QED) is 0.531. The standard InChI is InChI=1S/C20H13F2N3OS/c1-11-16(8-13-4-7-15(22)9-17(13)23-11)19(26)25-20-24-18(10-27-20)12-2-5-14(21)6-3-12/h2-10H,1H3,(H,24,25,26). The molecule has 2 heterocycles. The Labute approximate surface area is 157 Å². The molecular formula is C20H13F2N3OS. The molecule has 4 rings (SSSR count). The fourth-order valence-electron chi connectivity index (χ4n) is 2.72. The average Bonchev–Trinajstić information content (AvgIpc) is 3.10. The van der Waals surface area contributed by atoms with Crippen molar-refractivity contribution in [2.75, 3.05) is 5.32 Å². The number of aromatic nitrogens is 2. The maximum Gasteiger partial charge on any atom is 0.259 e. The Bertz CT molecular complexity index is 1160. The van der Waals surface area contributed by atoms with Crippen LogP contribution in [0.4, 0.5) is 13.9 Å². The van der Waals surface area contributed by atoms with Gasteiger partial charge >= 0.3 is 0 Å². The van der Waals surface area contributed by atoms with Crippen LogP contribution in [0.15, 0.2) is 53.9 Å². The van der Waals surface area contributed by atoms with E-state index >= 15 is 0 Å². The predicted octanol–water partition coefficient (Wildman–Crippen LogP) is 5.20. The smallest absolute Gasteiger partial charge is 0.259 e. The van der Waals surface area contributed by atoms with E-state index in [9.17, 15) is 13.6 Å². The number of benzene rings is 2. The van der Waals surface area contributed by atoms with Crippen LogP contribution in [0.2, 0.25) is 0 Å². The van der Waals surface area contributed by atoms with E-state index in [1.54, 1.807) is 36.6 Å². The fourth-order valence-corrected chi connectivity index (χ4v) is 3.43. The van der Waals surface area contributed by atoms with E-state index in [0.29, 0.717) is 33.0 Å². The van der Waals surface area contributed by atoms with Gasteiger partial charge in [0.05, 0.1) is 22.5 Å². The van der Waals surface area contributed by atoms with E-state index in [-0.39, 0.29) is 17.5 Å². The van der Waals surface area contributed by atoms with Gasteiger partial charge in [0, 0.05) is 22.4 Å². The first-order valence-corrected chi connectivity index (χ1v) is 8.97. The molecule has 1 N–H and O–H groups in total. The summed E-state index contributed by atoms with van der Waals surface area (Å²) >= 11 is 1.28. The lowest BCUT2D eigenvalue weighted by molar-refractivity contribution is 0.102. The number of amides is 1. The second-order valence-corrected chi connectivity index (χ2v) is 6.82. The highest BCUT2D eigenvalue weighted by Crippen LogP contribution is 2.26. The summed E-state index contributed by atoms with van der Waals surface area (Å²) in [6, 6.07) is 11.9. The lowest BCUT2D eigenvalue weighted by atomic mass is 10.1. The van der Waals surface area contributed by atoms with Gasteiger partial charge in [0.25, 0.3) is 5.91 Å². The summed E-state index contributed by atoms with van der Waals surface area (Å²) in [7, 11) is 0. The molecule has 0 radical (unpaired) electrons. The first-order valence-electron chi connectivity index (χ1n) is 8.09. The number of carbonyl (C=O) groups is 1. The average molecular weight is 381 g/mol. The summed E-state index contributed by atoms with van der Waals surface area (Å²) in [5, 5.41) is 5.65. The van der Waals surface area contributed by atoms with Crippen molar-refractivity contribution in [3.8, 4) is 11.3 Å². The summed E-state index contributed by atoms with van der Waals surface area (Å²) in [5.41, 5.74) is 2.81. The number of thiazole rings is 1. The van der Waals surface area contributed by atoms with Crippen molar-refractivity contribution in [3.63, 3.8) is 0 Å². The minimum absolute atomic E-state index is 0.318. The Hall–Kier alpha value is -3.19. The molecule has 134 valence electrons. The highest BCUT2D eigenvalue weighted by Gasteiger charge is 2.14. The molecule has 0 aliphatic carbocycles. The minimum atomic E-state index is -0.372. The molecule has 27 heavy (non-hydrogen) atoms. The van der Waals surface area contributed by atoms with Gasteiger partial charge < -0.3 is 0 Å². The number of rotatable bonds is 3. The lowest BCUT2D eigenvalue weighted by Gasteiger charge is -2.07. The van der Waals surface area contributed by atoms with Crippen molar-refractivity contribution in [1.82, 2.24) is 9.97 Å². The third kappa shape index (κ3) is 3.54. The minimum Gasteiger partial charge on any atom is -0.298 e. The van der Waals surface area contributed by atoms with Crippen molar-refractivity contribution in [1.29, 1.82) is 0 Å². The van der Waals surface area contributed by atoms with Crippen LogP contribution >= 0.6 is 11.3 Å². The van der Waals surface area contributed by atoms with Gasteiger partial charge in [-0.3, -0.25) is 15.1 Å². The zero-order chi connectivity index (χ0) is 19.0. The summed E-state index contributed by atoms with van der Waals surface area (Å²) in [6.45, 7) is 1.70. The Morgan fingerprint density at radius 2 is 1.74 bits per heavy atom. The number of aryl methyl sites for hydroxylation is 1. The van der Waals surface area contributed by atoms with E-state index in [1.165, 1.54) is 35.6 Å². The Morgan fingerprint density at radius 3 is 2.52 bits per heavy atom. The number of hydrogen-bond acceptors (Lipinski definition) is 4. The third-order valence-electron chi connectivity index (χ3n) is 4.08. The van der Waals surface area contributed by atoms with Crippen molar-refractivity contribution in [2.24, 2.45) is 0 Å². The molecule has 0 atom stereocenters. The fraction of sp³-hybridized carbons (Fsp3) is 0.0500. The number of carbonyl (C=O) groups excluding carboxylic acids is 1. The van der Waals surface area contributed by atoms with E-state index in [4.69, 9.17) is 0 Å². The van der Waals surface area contributed by atoms with Crippen LogP contribution in [0, 0.1) is 18.6 Å². The van der Waals surface area contributed by atoms with Gasteiger partial charge in [-0.1, -0.05) is 0 Å². The molecule has 4 nitrogen and oxygen atoms in total. The molecule has 0 aliphatic heterocycles. The molecule has 4 aromatic rings. The maximum absolute atomic E-state index is 13.3. The number of nitrogens with one attached hydrogen (secondary N) is 1. The summed E-state index contributed by atoms with van der Waals surface area (Å²) in [6.07, 6.45) is 0. The summed E-state index contributed by atoms with van der Waals surface area (Å²) in [4.78, 5) is 21.3. The highest BCUT2D eigenvalue weighted by molar-refractivity contribution is 7.14. The van der Waals surface area contributed by atoms with Crippen LogP contribution < -0.4 is 5.32 Å². The molecule has 2 aromatic heterocycles. The van der Waals surface area contributed by atoms with Gasteiger partial charge in [0.15, 0.2) is 5.13 Å². The molecule has 0 saturated heterocycles. The number of fused-ring (bicyclic) bond motifs is 1. The van der Waals surface area contributed by atoms with E-state index in [0.717, 1.165) is 5.56 Å². The second-order valence-electron chi connectivity index (χ2n) is 5.96. The van der Waals surface area contributed by atoms with E-state index in [1.807, 2.05) is 0 Å². The lowest BCUT2D eigenvalue weighted by Crippen LogP contribution is -2.14. The monoisotopic (exact) mass is 381 g/mol. The van der Waals surface area contributed by atoms with Crippen molar-refractivity contribution in [3.05, 3.63) is 76.8 Å². The van der Waals surface area contributed by atoms with Crippen LogP contribution in [-0.2, 0) is 0 Å². The second kappa shape index (κ2) is 6.85. The molecule has 0 fully saturated rings. The first kappa shape index (κ1) is 17.2. The van der Waals surface area contributed by atoms with Crippen LogP contribution in [0.5, 0.6) is 0 Å². The Morgan fingerprint density at radius 1 is 1.00 bits per heavy atom. The Kier molecular flexibility index (Phi) is 4.37. The molecule has 7 heteroatoms. The molecule has 0 saturated carbocycles. The summed E-state index contributed by atoms with van der Waals surface area (Å²) < 4.78 is 26.4. The normalized spacial score (nSPS) is 10.9. The van der Waals surface area contributed by atoms with Crippen LogP contribution in [0.1, 0.15) is 16.1 Å². The van der Waals surface area contributed by atoms with E-state index < -0.39 is 0 Å². The molecule has 0 unspecified atom stereocenters. The van der Waals surface area contributed by atoms with Gasteiger partial charge in [-0.05, 0) is 49.4 Å². The van der Waals surface area contributed by atoms with Gasteiger partial charge in [-0.2, -0.15) is 0 Å². The number of hydrogen-bond donors (Lipinski definition) is 1. The number of nitrogens with zero attached hydrogens (tertiary/aromatic N) is 2. The third-order valence-corrected chi connectivity index (χ3v) is 4.84. The molecule has 1 amide bonds. The Balaban J connectivity index is 1.59.